The monoisotopic (exact) mass is 322 g/mol. The van der Waals surface area contributed by atoms with E-state index in [-0.39, 0.29) is 0 Å². The number of rotatable bonds is 3. The van der Waals surface area contributed by atoms with E-state index in [1.165, 1.54) is 0 Å². The van der Waals surface area contributed by atoms with Crippen LogP contribution < -0.4 is 15.2 Å². The van der Waals surface area contributed by atoms with E-state index in [4.69, 9.17) is 15.2 Å². The standard InChI is InChI=1S/C14H15BrN2O2/c1-8-4-5-11(12(6-8)18-3)19-14-13(15)9(2)10(16)7-17-14/h4-7H,16H2,1-3H3. The van der Waals surface area contributed by atoms with Gasteiger partial charge in [-0.15, -0.1) is 0 Å². The summed E-state index contributed by atoms with van der Waals surface area (Å²) >= 11 is 3.44. The summed E-state index contributed by atoms with van der Waals surface area (Å²) in [4.78, 5) is 4.18. The Hall–Kier alpha value is -1.75. The third kappa shape index (κ3) is 2.81. The summed E-state index contributed by atoms with van der Waals surface area (Å²) < 4.78 is 11.8. The topological polar surface area (TPSA) is 57.4 Å². The molecule has 2 N–H and O–H groups in total. The van der Waals surface area contributed by atoms with Gasteiger partial charge in [-0.3, -0.25) is 0 Å². The molecule has 4 nitrogen and oxygen atoms in total. The predicted octanol–water partition coefficient (Wildman–Crippen LogP) is 3.84. The van der Waals surface area contributed by atoms with Gasteiger partial charge in [-0.05, 0) is 53.0 Å². The number of hydrogen-bond acceptors (Lipinski definition) is 4. The van der Waals surface area contributed by atoms with E-state index < -0.39 is 0 Å². The van der Waals surface area contributed by atoms with E-state index in [9.17, 15) is 0 Å². The van der Waals surface area contributed by atoms with Crippen LogP contribution in [0.5, 0.6) is 17.4 Å². The summed E-state index contributed by atoms with van der Waals surface area (Å²) in [6.45, 7) is 3.90. The lowest BCUT2D eigenvalue weighted by atomic mass is 10.2. The molecular weight excluding hydrogens is 308 g/mol. The Labute approximate surface area is 120 Å². The maximum atomic E-state index is 5.79. The third-order valence-corrected chi connectivity index (χ3v) is 3.73. The number of halogens is 1. The van der Waals surface area contributed by atoms with Gasteiger partial charge in [0.25, 0.3) is 0 Å². The maximum Gasteiger partial charge on any atom is 0.234 e. The number of aromatic nitrogens is 1. The van der Waals surface area contributed by atoms with Crippen molar-refractivity contribution in [3.8, 4) is 17.4 Å². The van der Waals surface area contributed by atoms with Crippen LogP contribution in [0.25, 0.3) is 0 Å². The van der Waals surface area contributed by atoms with Crippen LogP contribution in [0.2, 0.25) is 0 Å². The molecular formula is C14H15BrN2O2. The van der Waals surface area contributed by atoms with E-state index in [0.717, 1.165) is 15.6 Å². The lowest BCUT2D eigenvalue weighted by Gasteiger charge is -2.12. The van der Waals surface area contributed by atoms with Crippen molar-refractivity contribution in [1.82, 2.24) is 4.98 Å². The van der Waals surface area contributed by atoms with Gasteiger partial charge >= 0.3 is 0 Å². The number of nitrogens with zero attached hydrogens (tertiary/aromatic N) is 1. The molecule has 0 radical (unpaired) electrons. The Balaban J connectivity index is 2.39. The van der Waals surface area contributed by atoms with E-state index in [0.29, 0.717) is 23.1 Å². The van der Waals surface area contributed by atoms with Crippen molar-refractivity contribution >= 4 is 21.6 Å². The van der Waals surface area contributed by atoms with Gasteiger partial charge in [0.2, 0.25) is 5.88 Å². The van der Waals surface area contributed by atoms with Gasteiger partial charge in [-0.2, -0.15) is 0 Å². The highest BCUT2D eigenvalue weighted by molar-refractivity contribution is 9.10. The molecule has 2 aromatic rings. The number of nitrogen functional groups attached to an aromatic ring is 1. The number of nitrogens with two attached hydrogens (primary N) is 1. The van der Waals surface area contributed by atoms with Crippen molar-refractivity contribution in [2.75, 3.05) is 12.8 Å². The minimum absolute atomic E-state index is 0.467. The Morgan fingerprint density at radius 1 is 1.21 bits per heavy atom. The molecule has 5 heteroatoms. The first-order valence-corrected chi connectivity index (χ1v) is 6.55. The molecule has 1 aromatic carbocycles. The number of hydrogen-bond donors (Lipinski definition) is 1. The summed E-state index contributed by atoms with van der Waals surface area (Å²) in [5.74, 6) is 1.75. The lowest BCUT2D eigenvalue weighted by Crippen LogP contribution is -1.97. The molecule has 1 heterocycles. The summed E-state index contributed by atoms with van der Waals surface area (Å²) in [7, 11) is 1.61. The number of methoxy groups -OCH3 is 1. The van der Waals surface area contributed by atoms with Crippen molar-refractivity contribution in [3.63, 3.8) is 0 Å². The molecule has 2 rings (SSSR count). The van der Waals surface area contributed by atoms with Crippen LogP contribution in [-0.4, -0.2) is 12.1 Å². The minimum atomic E-state index is 0.467. The van der Waals surface area contributed by atoms with Crippen molar-refractivity contribution in [1.29, 1.82) is 0 Å². The molecule has 0 saturated heterocycles. The highest BCUT2D eigenvalue weighted by Gasteiger charge is 2.12. The fraction of sp³-hybridized carbons (Fsp3) is 0.214. The van der Waals surface area contributed by atoms with Crippen molar-refractivity contribution in [2.24, 2.45) is 0 Å². The average molecular weight is 323 g/mol. The van der Waals surface area contributed by atoms with Crippen LogP contribution in [0.1, 0.15) is 11.1 Å². The normalized spacial score (nSPS) is 10.3. The van der Waals surface area contributed by atoms with Crippen LogP contribution in [0, 0.1) is 13.8 Å². The molecule has 0 aliphatic heterocycles. The fourth-order valence-corrected chi connectivity index (χ4v) is 2.02. The van der Waals surface area contributed by atoms with Gasteiger partial charge in [-0.25, -0.2) is 4.98 Å². The van der Waals surface area contributed by atoms with Crippen LogP contribution in [0.4, 0.5) is 5.69 Å². The molecule has 0 unspecified atom stereocenters. The van der Waals surface area contributed by atoms with Crippen LogP contribution >= 0.6 is 15.9 Å². The highest BCUT2D eigenvalue weighted by Crippen LogP contribution is 2.36. The van der Waals surface area contributed by atoms with Crippen molar-refractivity contribution in [3.05, 3.63) is 40.0 Å². The lowest BCUT2D eigenvalue weighted by molar-refractivity contribution is 0.373. The van der Waals surface area contributed by atoms with E-state index >= 15 is 0 Å². The van der Waals surface area contributed by atoms with Crippen LogP contribution in [0.15, 0.2) is 28.9 Å². The molecule has 0 bridgehead atoms. The second-order valence-electron chi connectivity index (χ2n) is 4.21. The summed E-state index contributed by atoms with van der Waals surface area (Å²) in [6, 6.07) is 5.72. The Morgan fingerprint density at radius 2 is 1.95 bits per heavy atom. The van der Waals surface area contributed by atoms with Gasteiger partial charge in [0, 0.05) is 0 Å². The van der Waals surface area contributed by atoms with Crippen LogP contribution in [0.3, 0.4) is 0 Å². The van der Waals surface area contributed by atoms with E-state index in [1.54, 1.807) is 13.3 Å². The minimum Gasteiger partial charge on any atom is -0.493 e. The van der Waals surface area contributed by atoms with Gasteiger partial charge in [0.1, 0.15) is 0 Å². The number of pyridine rings is 1. The SMILES string of the molecule is COc1cc(C)ccc1Oc1ncc(N)c(C)c1Br. The maximum absolute atomic E-state index is 5.79. The quantitative estimate of drug-likeness (QED) is 0.932. The molecule has 100 valence electrons. The van der Waals surface area contributed by atoms with Crippen molar-refractivity contribution in [2.45, 2.75) is 13.8 Å². The number of ether oxygens (including phenoxy) is 2. The molecule has 0 aliphatic rings. The summed E-state index contributed by atoms with van der Waals surface area (Å²) in [5.41, 5.74) is 8.41. The Bertz CT molecular complexity index is 615. The average Bonchev–Trinajstić information content (AvgIpc) is 2.41. The van der Waals surface area contributed by atoms with Gasteiger partial charge in [0.05, 0.1) is 23.5 Å². The largest absolute Gasteiger partial charge is 0.493 e. The fourth-order valence-electron chi connectivity index (χ4n) is 1.60. The summed E-state index contributed by atoms with van der Waals surface area (Å²) in [6.07, 6.45) is 1.58. The van der Waals surface area contributed by atoms with E-state index in [1.807, 2.05) is 32.0 Å². The first kappa shape index (κ1) is 13.7. The van der Waals surface area contributed by atoms with Gasteiger partial charge in [0.15, 0.2) is 11.5 Å². The molecule has 19 heavy (non-hydrogen) atoms. The second kappa shape index (κ2) is 5.48. The third-order valence-electron chi connectivity index (χ3n) is 2.80. The summed E-state index contributed by atoms with van der Waals surface area (Å²) in [5, 5.41) is 0. The Morgan fingerprint density at radius 3 is 2.63 bits per heavy atom. The first-order valence-electron chi connectivity index (χ1n) is 5.76. The first-order chi connectivity index (χ1) is 9.02. The molecule has 1 aromatic heterocycles. The molecule has 0 spiro atoms. The van der Waals surface area contributed by atoms with Gasteiger partial charge in [-0.1, -0.05) is 6.07 Å². The smallest absolute Gasteiger partial charge is 0.234 e. The zero-order chi connectivity index (χ0) is 14.0. The van der Waals surface area contributed by atoms with Gasteiger partial charge < -0.3 is 15.2 Å². The molecule has 0 aliphatic carbocycles. The molecule has 0 fully saturated rings. The Kier molecular flexibility index (Phi) is 3.95. The van der Waals surface area contributed by atoms with Crippen LogP contribution in [-0.2, 0) is 0 Å². The highest BCUT2D eigenvalue weighted by atomic mass is 79.9. The molecule has 0 saturated carbocycles. The predicted molar refractivity (Wildman–Crippen MR) is 78.9 cm³/mol. The second-order valence-corrected chi connectivity index (χ2v) is 5.01. The number of anilines is 1. The number of benzene rings is 1. The van der Waals surface area contributed by atoms with Crippen molar-refractivity contribution < 1.29 is 9.47 Å². The van der Waals surface area contributed by atoms with E-state index in [2.05, 4.69) is 20.9 Å². The zero-order valence-corrected chi connectivity index (χ0v) is 12.6. The molecule has 0 amide bonds. The zero-order valence-electron chi connectivity index (χ0n) is 11.0. The molecule has 0 atom stereocenters. The number of aryl methyl sites for hydroxylation is 1.